The van der Waals surface area contributed by atoms with E-state index < -0.39 is 27.9 Å². The Morgan fingerprint density at radius 2 is 2.00 bits per heavy atom. The summed E-state index contributed by atoms with van der Waals surface area (Å²) in [5.41, 5.74) is 4.72. The van der Waals surface area contributed by atoms with Crippen molar-refractivity contribution in [1.29, 1.82) is 0 Å². The summed E-state index contributed by atoms with van der Waals surface area (Å²) in [6.07, 6.45) is 1.30. The Morgan fingerprint density at radius 3 is 2.48 bits per heavy atom. The molecule has 0 atom stereocenters. The minimum Gasteiger partial charge on any atom is -0.350 e. The normalized spacial score (nSPS) is 10.7. The Hall–Kier alpha value is -1.73. The van der Waals surface area contributed by atoms with Gasteiger partial charge in [-0.15, -0.1) is 12.4 Å². The lowest BCUT2D eigenvalue weighted by atomic mass is 9.94. The fraction of sp³-hybridized carbons (Fsp3) is 0.462. The average Bonchev–Trinajstić information content (AvgIpc) is 2.43. The van der Waals surface area contributed by atoms with Gasteiger partial charge in [0.2, 0.25) is 0 Å². The van der Waals surface area contributed by atoms with E-state index in [9.17, 15) is 19.3 Å². The first-order valence-corrected chi connectivity index (χ1v) is 6.34. The summed E-state index contributed by atoms with van der Waals surface area (Å²) in [5.74, 6) is -1.40. The van der Waals surface area contributed by atoms with Gasteiger partial charge in [0.25, 0.3) is 11.6 Å². The molecule has 0 heterocycles. The predicted molar refractivity (Wildman–Crippen MR) is 80.1 cm³/mol. The molecule has 0 aliphatic heterocycles. The molecule has 6 nitrogen and oxygen atoms in total. The highest BCUT2D eigenvalue weighted by Crippen LogP contribution is 2.19. The Morgan fingerprint density at radius 1 is 1.43 bits per heavy atom. The van der Waals surface area contributed by atoms with E-state index in [1.165, 1.54) is 0 Å². The zero-order valence-corrected chi connectivity index (χ0v) is 12.7. The van der Waals surface area contributed by atoms with Crippen LogP contribution in [0.1, 0.15) is 37.0 Å². The van der Waals surface area contributed by atoms with Crippen molar-refractivity contribution < 1.29 is 14.1 Å². The first kappa shape index (κ1) is 19.3. The van der Waals surface area contributed by atoms with Gasteiger partial charge in [-0.1, -0.05) is 13.8 Å². The fourth-order valence-electron chi connectivity index (χ4n) is 1.70. The number of hydrogen-bond donors (Lipinski definition) is 2. The van der Waals surface area contributed by atoms with Gasteiger partial charge in [0.1, 0.15) is 11.4 Å². The molecule has 21 heavy (non-hydrogen) atoms. The molecule has 0 saturated carbocycles. The van der Waals surface area contributed by atoms with Crippen molar-refractivity contribution in [3.05, 3.63) is 39.7 Å². The number of nitrogens with zero attached hydrogens (tertiary/aromatic N) is 1. The topological polar surface area (TPSA) is 98.3 Å². The molecule has 0 aromatic heterocycles. The lowest BCUT2D eigenvalue weighted by Crippen LogP contribution is -2.49. The molecule has 0 saturated heterocycles. The Kier molecular flexibility index (Phi) is 7.25. The molecular formula is C13H19ClFN3O3. The van der Waals surface area contributed by atoms with Gasteiger partial charge in [0, 0.05) is 18.2 Å². The Balaban J connectivity index is 0.00000400. The van der Waals surface area contributed by atoms with Crippen molar-refractivity contribution in [2.24, 2.45) is 5.73 Å². The van der Waals surface area contributed by atoms with Crippen LogP contribution in [0.2, 0.25) is 0 Å². The number of benzene rings is 1. The number of rotatable bonds is 6. The van der Waals surface area contributed by atoms with Crippen LogP contribution in [0.5, 0.6) is 0 Å². The van der Waals surface area contributed by atoms with Crippen LogP contribution in [0.4, 0.5) is 10.1 Å². The van der Waals surface area contributed by atoms with E-state index in [2.05, 4.69) is 5.32 Å². The van der Waals surface area contributed by atoms with E-state index >= 15 is 0 Å². The van der Waals surface area contributed by atoms with Crippen LogP contribution < -0.4 is 11.1 Å². The second-order valence-electron chi connectivity index (χ2n) is 4.67. The molecule has 8 heteroatoms. The number of nitrogens with one attached hydrogen (secondary N) is 1. The molecule has 0 fully saturated rings. The smallest absolute Gasteiger partial charge is 0.282 e. The summed E-state index contributed by atoms with van der Waals surface area (Å²) >= 11 is 0. The van der Waals surface area contributed by atoms with E-state index in [0.29, 0.717) is 12.8 Å². The standard InChI is InChI=1S/C13H18FN3O3.ClH/c1-3-13(15,4-2)8-16-12(18)10-7-9(14)5-6-11(10)17(19)20;/h5-7H,3-4,8,15H2,1-2H3,(H,16,18);1H. The summed E-state index contributed by atoms with van der Waals surface area (Å²) in [5, 5.41) is 13.4. The monoisotopic (exact) mass is 319 g/mol. The van der Waals surface area contributed by atoms with Gasteiger partial charge in [-0.3, -0.25) is 14.9 Å². The van der Waals surface area contributed by atoms with Crippen LogP contribution in [0.25, 0.3) is 0 Å². The van der Waals surface area contributed by atoms with Crippen molar-refractivity contribution in [3.8, 4) is 0 Å². The highest BCUT2D eigenvalue weighted by atomic mass is 35.5. The summed E-state index contributed by atoms with van der Waals surface area (Å²) < 4.78 is 13.2. The molecule has 3 N–H and O–H groups in total. The summed E-state index contributed by atoms with van der Waals surface area (Å²) in [7, 11) is 0. The molecule has 0 unspecified atom stereocenters. The number of carbonyl (C=O) groups excluding carboxylic acids is 1. The fourth-order valence-corrected chi connectivity index (χ4v) is 1.70. The van der Waals surface area contributed by atoms with Crippen LogP contribution >= 0.6 is 12.4 Å². The zero-order valence-electron chi connectivity index (χ0n) is 11.9. The van der Waals surface area contributed by atoms with Crippen LogP contribution in [-0.2, 0) is 0 Å². The predicted octanol–water partition coefficient (Wildman–Crippen LogP) is 2.40. The van der Waals surface area contributed by atoms with Gasteiger partial charge in [-0.2, -0.15) is 0 Å². The van der Waals surface area contributed by atoms with Gasteiger partial charge in [0.05, 0.1) is 4.92 Å². The summed E-state index contributed by atoms with van der Waals surface area (Å²) in [6.45, 7) is 3.95. The third kappa shape index (κ3) is 4.95. The van der Waals surface area contributed by atoms with Crippen molar-refractivity contribution in [2.45, 2.75) is 32.2 Å². The average molecular weight is 320 g/mol. The third-order valence-corrected chi connectivity index (χ3v) is 3.41. The maximum Gasteiger partial charge on any atom is 0.282 e. The van der Waals surface area contributed by atoms with E-state index in [0.717, 1.165) is 18.2 Å². The Labute approximate surface area is 128 Å². The molecular weight excluding hydrogens is 301 g/mol. The number of halogens is 2. The molecule has 1 aromatic rings. The highest BCUT2D eigenvalue weighted by Gasteiger charge is 2.25. The van der Waals surface area contributed by atoms with Gasteiger partial charge in [-0.25, -0.2) is 4.39 Å². The maximum absolute atomic E-state index is 13.2. The van der Waals surface area contributed by atoms with Gasteiger partial charge in [0.15, 0.2) is 0 Å². The number of nitro benzene ring substituents is 1. The molecule has 0 aliphatic carbocycles. The second kappa shape index (κ2) is 7.90. The molecule has 0 spiro atoms. The van der Waals surface area contributed by atoms with Crippen LogP contribution in [0.15, 0.2) is 18.2 Å². The lowest BCUT2D eigenvalue weighted by molar-refractivity contribution is -0.385. The second-order valence-corrected chi connectivity index (χ2v) is 4.67. The van der Waals surface area contributed by atoms with Crippen LogP contribution in [-0.4, -0.2) is 22.9 Å². The third-order valence-electron chi connectivity index (χ3n) is 3.41. The zero-order chi connectivity index (χ0) is 15.3. The molecule has 1 rings (SSSR count). The van der Waals surface area contributed by atoms with Crippen molar-refractivity contribution >= 4 is 24.0 Å². The van der Waals surface area contributed by atoms with E-state index in [1.807, 2.05) is 13.8 Å². The van der Waals surface area contributed by atoms with E-state index in [4.69, 9.17) is 5.73 Å². The highest BCUT2D eigenvalue weighted by molar-refractivity contribution is 5.98. The van der Waals surface area contributed by atoms with Crippen LogP contribution in [0, 0.1) is 15.9 Å². The molecule has 0 bridgehead atoms. The summed E-state index contributed by atoms with van der Waals surface area (Å²) in [6, 6.07) is 2.77. The Bertz CT molecular complexity index is 521. The number of hydrogen-bond acceptors (Lipinski definition) is 4. The maximum atomic E-state index is 13.2. The largest absolute Gasteiger partial charge is 0.350 e. The first-order chi connectivity index (χ1) is 9.33. The molecule has 118 valence electrons. The van der Waals surface area contributed by atoms with Crippen molar-refractivity contribution in [1.82, 2.24) is 5.32 Å². The minimum atomic E-state index is -0.719. The molecule has 0 radical (unpaired) electrons. The number of carbonyl (C=O) groups is 1. The number of amides is 1. The van der Waals surface area contributed by atoms with Crippen molar-refractivity contribution in [3.63, 3.8) is 0 Å². The number of nitro groups is 1. The molecule has 1 aromatic carbocycles. The molecule has 0 aliphatic rings. The van der Waals surface area contributed by atoms with Crippen LogP contribution in [0.3, 0.4) is 0 Å². The summed E-state index contributed by atoms with van der Waals surface area (Å²) in [4.78, 5) is 22.1. The van der Waals surface area contributed by atoms with Gasteiger partial charge >= 0.3 is 0 Å². The first-order valence-electron chi connectivity index (χ1n) is 6.34. The van der Waals surface area contributed by atoms with E-state index in [1.54, 1.807) is 0 Å². The quantitative estimate of drug-likeness (QED) is 0.621. The van der Waals surface area contributed by atoms with Crippen molar-refractivity contribution in [2.75, 3.05) is 6.54 Å². The lowest BCUT2D eigenvalue weighted by Gasteiger charge is -2.26. The van der Waals surface area contributed by atoms with Gasteiger partial charge in [-0.05, 0) is 25.0 Å². The molecule has 1 amide bonds. The number of nitrogens with two attached hydrogens (primary N) is 1. The van der Waals surface area contributed by atoms with E-state index in [-0.39, 0.29) is 24.5 Å². The van der Waals surface area contributed by atoms with Gasteiger partial charge < -0.3 is 11.1 Å². The SMILES string of the molecule is CCC(N)(CC)CNC(=O)c1cc(F)ccc1[N+](=O)[O-].Cl. The minimum absolute atomic E-state index is 0.